The summed E-state index contributed by atoms with van der Waals surface area (Å²) in [6.07, 6.45) is 1.52. The largest absolute Gasteiger partial charge is 0.467 e. The predicted octanol–water partition coefficient (Wildman–Crippen LogP) is 3.13. The summed E-state index contributed by atoms with van der Waals surface area (Å²) in [7, 11) is -4.01. The van der Waals surface area contributed by atoms with Gasteiger partial charge in [-0.1, -0.05) is 17.7 Å². The van der Waals surface area contributed by atoms with E-state index in [0.717, 1.165) is 5.56 Å². The van der Waals surface area contributed by atoms with Gasteiger partial charge in [0.25, 0.3) is 0 Å². The van der Waals surface area contributed by atoms with Crippen molar-refractivity contribution in [2.75, 3.05) is 13.2 Å². The lowest BCUT2D eigenvalue weighted by molar-refractivity contribution is -0.147. The van der Waals surface area contributed by atoms with Crippen LogP contribution in [0.15, 0.2) is 76.2 Å². The normalized spacial score (nSPS) is 15.7. The van der Waals surface area contributed by atoms with Gasteiger partial charge in [0.1, 0.15) is 16.4 Å². The first-order chi connectivity index (χ1) is 16.7. The molecule has 0 N–H and O–H groups in total. The number of esters is 1. The van der Waals surface area contributed by atoms with Crippen LogP contribution in [-0.2, 0) is 31.0 Å². The van der Waals surface area contributed by atoms with Gasteiger partial charge in [0, 0.05) is 18.5 Å². The molecule has 9 nitrogen and oxygen atoms in total. The molecule has 4 rings (SSSR count). The zero-order chi connectivity index (χ0) is 25.0. The van der Waals surface area contributed by atoms with Crippen LogP contribution in [0.3, 0.4) is 0 Å². The number of rotatable bonds is 9. The summed E-state index contributed by atoms with van der Waals surface area (Å²) in [5.41, 5.74) is 1.14. The number of amides is 1. The van der Waals surface area contributed by atoms with E-state index in [-0.39, 0.29) is 41.6 Å². The quantitative estimate of drug-likeness (QED) is 0.251. The van der Waals surface area contributed by atoms with E-state index in [1.165, 1.54) is 47.6 Å². The molecule has 0 spiro atoms. The van der Waals surface area contributed by atoms with Crippen LogP contribution in [0.4, 0.5) is 0 Å². The van der Waals surface area contributed by atoms with Crippen molar-refractivity contribution in [3.63, 3.8) is 0 Å². The van der Waals surface area contributed by atoms with E-state index in [4.69, 9.17) is 13.3 Å². The minimum Gasteiger partial charge on any atom is -0.467 e. The van der Waals surface area contributed by atoms with Gasteiger partial charge >= 0.3 is 16.1 Å². The maximum absolute atomic E-state index is 12.4. The number of benzene rings is 2. The number of Topliss-reactive ketones (excluding diaryl/α,β-unsaturated/α-hetero) is 1. The SMILES string of the molecule is Cc1ccc(S(=O)(=O)Oc2ccc(C(=O)COC(=O)C3CC(=O)N(Cc4ccco4)C3)cc2)cc1. The van der Waals surface area contributed by atoms with E-state index in [9.17, 15) is 22.8 Å². The molecule has 10 heteroatoms. The van der Waals surface area contributed by atoms with Crippen molar-refractivity contribution in [2.45, 2.75) is 24.8 Å². The number of nitrogens with zero attached hydrogens (tertiary/aromatic N) is 1. The third-order valence-corrected chi connectivity index (χ3v) is 6.77. The summed E-state index contributed by atoms with van der Waals surface area (Å²) >= 11 is 0. The van der Waals surface area contributed by atoms with Gasteiger partial charge in [0.15, 0.2) is 12.4 Å². The van der Waals surface area contributed by atoms with Crippen LogP contribution < -0.4 is 4.18 Å². The number of aryl methyl sites for hydroxylation is 1. The van der Waals surface area contributed by atoms with Crippen LogP contribution in [0, 0.1) is 12.8 Å². The lowest BCUT2D eigenvalue weighted by Gasteiger charge is -2.14. The Morgan fingerprint density at radius 1 is 1.06 bits per heavy atom. The molecular formula is C25H23NO8S. The number of carbonyl (C=O) groups is 3. The topological polar surface area (TPSA) is 120 Å². The molecule has 1 aliphatic rings. The molecule has 1 aliphatic heterocycles. The van der Waals surface area contributed by atoms with Crippen molar-refractivity contribution >= 4 is 27.8 Å². The molecule has 1 amide bonds. The van der Waals surface area contributed by atoms with Gasteiger partial charge in [-0.2, -0.15) is 8.42 Å². The minimum atomic E-state index is -4.01. The molecule has 0 radical (unpaired) electrons. The van der Waals surface area contributed by atoms with Gasteiger partial charge < -0.3 is 18.2 Å². The fraction of sp³-hybridized carbons (Fsp3) is 0.240. The minimum absolute atomic E-state index is 0.00915. The number of ether oxygens (including phenoxy) is 1. The van der Waals surface area contributed by atoms with Crippen LogP contribution >= 0.6 is 0 Å². The first kappa shape index (κ1) is 24.2. The molecule has 0 saturated carbocycles. The number of likely N-dealkylation sites (tertiary alicyclic amines) is 1. The highest BCUT2D eigenvalue weighted by Crippen LogP contribution is 2.22. The predicted molar refractivity (Wildman–Crippen MR) is 123 cm³/mol. The zero-order valence-corrected chi connectivity index (χ0v) is 19.7. The van der Waals surface area contributed by atoms with Crippen LogP contribution in [0.5, 0.6) is 5.75 Å². The number of carbonyl (C=O) groups excluding carboxylic acids is 3. The summed E-state index contributed by atoms with van der Waals surface area (Å²) in [5.74, 6) is -1.29. The van der Waals surface area contributed by atoms with E-state index >= 15 is 0 Å². The first-order valence-electron chi connectivity index (χ1n) is 10.8. The number of ketones is 1. The van der Waals surface area contributed by atoms with E-state index in [1.54, 1.807) is 24.3 Å². The molecule has 0 aliphatic carbocycles. The molecule has 0 bridgehead atoms. The van der Waals surface area contributed by atoms with E-state index in [1.807, 2.05) is 6.92 Å². The number of furan rings is 1. The maximum atomic E-state index is 12.4. The Morgan fingerprint density at radius 2 is 1.77 bits per heavy atom. The summed E-state index contributed by atoms with van der Waals surface area (Å²) < 4.78 is 40.3. The summed E-state index contributed by atoms with van der Waals surface area (Å²) in [5, 5.41) is 0. The van der Waals surface area contributed by atoms with Crippen LogP contribution in [0.25, 0.3) is 0 Å². The summed E-state index contributed by atoms with van der Waals surface area (Å²) in [6, 6.07) is 15.2. The fourth-order valence-corrected chi connectivity index (χ4v) is 4.52. The molecule has 1 atom stereocenters. The summed E-state index contributed by atoms with van der Waals surface area (Å²) in [4.78, 5) is 38.5. The standard InChI is InChI=1S/C25H23NO8S/c1-17-4-10-22(11-5-17)35(30,31)34-20-8-6-18(7-9-20)23(27)16-33-25(29)19-13-24(28)26(14-19)15-21-3-2-12-32-21/h2-12,19H,13-16H2,1H3. The molecule has 1 fully saturated rings. The van der Waals surface area contributed by atoms with Gasteiger partial charge in [0.2, 0.25) is 5.91 Å². The Bertz CT molecular complexity index is 1310. The highest BCUT2D eigenvalue weighted by atomic mass is 32.2. The van der Waals surface area contributed by atoms with Gasteiger partial charge in [-0.3, -0.25) is 14.4 Å². The van der Waals surface area contributed by atoms with Crippen molar-refractivity contribution < 1.29 is 36.1 Å². The lowest BCUT2D eigenvalue weighted by Crippen LogP contribution is -2.27. The zero-order valence-electron chi connectivity index (χ0n) is 18.9. The third-order valence-electron chi connectivity index (χ3n) is 5.51. The van der Waals surface area contributed by atoms with Gasteiger partial charge in [-0.05, 0) is 55.5 Å². The Hall–Kier alpha value is -3.92. The Morgan fingerprint density at radius 3 is 2.43 bits per heavy atom. The summed E-state index contributed by atoms with van der Waals surface area (Å²) in [6.45, 7) is 1.80. The highest BCUT2D eigenvalue weighted by molar-refractivity contribution is 7.87. The molecule has 2 heterocycles. The second-order valence-corrected chi connectivity index (χ2v) is 9.71. The smallest absolute Gasteiger partial charge is 0.339 e. The second kappa shape index (κ2) is 10.1. The van der Waals surface area contributed by atoms with Crippen molar-refractivity contribution in [2.24, 2.45) is 5.92 Å². The third kappa shape index (κ3) is 5.96. The molecular weight excluding hydrogens is 474 g/mol. The van der Waals surface area contributed by atoms with Crippen LogP contribution in [0.2, 0.25) is 0 Å². The van der Waals surface area contributed by atoms with Crippen LogP contribution in [0.1, 0.15) is 28.1 Å². The first-order valence-corrected chi connectivity index (χ1v) is 12.2. The second-order valence-electron chi connectivity index (χ2n) is 8.16. The maximum Gasteiger partial charge on any atom is 0.339 e. The average Bonchev–Trinajstić information content (AvgIpc) is 3.48. The van der Waals surface area contributed by atoms with Crippen molar-refractivity contribution in [3.05, 3.63) is 83.8 Å². The van der Waals surface area contributed by atoms with Crippen molar-refractivity contribution in [1.82, 2.24) is 4.90 Å². The molecule has 3 aromatic rings. The molecule has 182 valence electrons. The van der Waals surface area contributed by atoms with E-state index < -0.39 is 34.4 Å². The van der Waals surface area contributed by atoms with Crippen LogP contribution in [-0.4, -0.2) is 44.1 Å². The monoisotopic (exact) mass is 497 g/mol. The number of hydrogen-bond donors (Lipinski definition) is 0. The van der Waals surface area contributed by atoms with Crippen molar-refractivity contribution in [1.29, 1.82) is 0 Å². The van der Waals surface area contributed by atoms with Gasteiger partial charge in [-0.25, -0.2) is 0 Å². The fourth-order valence-electron chi connectivity index (χ4n) is 3.59. The molecule has 35 heavy (non-hydrogen) atoms. The Balaban J connectivity index is 1.29. The Kier molecular flexibility index (Phi) is 7.02. The van der Waals surface area contributed by atoms with Gasteiger partial charge in [-0.15, -0.1) is 0 Å². The lowest BCUT2D eigenvalue weighted by atomic mass is 10.1. The average molecular weight is 498 g/mol. The molecule has 1 saturated heterocycles. The molecule has 2 aromatic carbocycles. The number of hydrogen-bond acceptors (Lipinski definition) is 8. The van der Waals surface area contributed by atoms with E-state index in [2.05, 4.69) is 0 Å². The Labute approximate surface area is 202 Å². The molecule has 1 aromatic heterocycles. The highest BCUT2D eigenvalue weighted by Gasteiger charge is 2.36. The van der Waals surface area contributed by atoms with Crippen molar-refractivity contribution in [3.8, 4) is 5.75 Å². The van der Waals surface area contributed by atoms with Gasteiger partial charge in [0.05, 0.1) is 18.7 Å². The van der Waals surface area contributed by atoms with E-state index in [0.29, 0.717) is 5.76 Å². The molecule has 1 unspecified atom stereocenters.